The first-order chi connectivity index (χ1) is 20.4. The Hall–Kier alpha value is -3.91. The molecule has 2 aliphatic rings. The molecule has 3 aromatic rings. The Morgan fingerprint density at radius 2 is 1.74 bits per heavy atom. The Labute approximate surface area is 250 Å². The summed E-state index contributed by atoms with van der Waals surface area (Å²) in [5, 5.41) is 3.43. The van der Waals surface area contributed by atoms with Gasteiger partial charge in [-0.2, -0.15) is 4.98 Å². The molecule has 230 valence electrons. The molecule has 0 bridgehead atoms. The lowest BCUT2D eigenvalue weighted by Crippen LogP contribution is -2.51. The molecule has 2 N–H and O–H groups in total. The Balaban J connectivity index is 1.32. The number of urea groups is 1. The van der Waals surface area contributed by atoms with Crippen LogP contribution in [-0.4, -0.2) is 66.5 Å². The van der Waals surface area contributed by atoms with Crippen LogP contribution in [0.25, 0.3) is 0 Å². The average Bonchev–Trinajstić information content (AvgIpc) is 2.95. The van der Waals surface area contributed by atoms with E-state index in [2.05, 4.69) is 39.0 Å². The van der Waals surface area contributed by atoms with Crippen molar-refractivity contribution in [1.29, 1.82) is 0 Å². The van der Waals surface area contributed by atoms with Crippen molar-refractivity contribution < 1.29 is 22.0 Å². The van der Waals surface area contributed by atoms with Gasteiger partial charge < -0.3 is 10.2 Å². The van der Waals surface area contributed by atoms with Crippen molar-refractivity contribution in [2.24, 2.45) is 0 Å². The summed E-state index contributed by atoms with van der Waals surface area (Å²) >= 11 is 0. The maximum Gasteiger partial charge on any atom is 0.330 e. The maximum atomic E-state index is 15.1. The normalized spacial score (nSPS) is 19.1. The number of amides is 2. The van der Waals surface area contributed by atoms with Gasteiger partial charge in [0.05, 0.1) is 24.2 Å². The number of anilines is 4. The van der Waals surface area contributed by atoms with Crippen molar-refractivity contribution in [2.45, 2.75) is 70.0 Å². The van der Waals surface area contributed by atoms with Gasteiger partial charge in [0.25, 0.3) is 0 Å². The van der Waals surface area contributed by atoms with E-state index in [-0.39, 0.29) is 24.3 Å². The number of rotatable bonds is 9. The summed E-state index contributed by atoms with van der Waals surface area (Å²) in [4.78, 5) is 32.0. The van der Waals surface area contributed by atoms with Crippen LogP contribution in [0.2, 0.25) is 0 Å². The molecule has 14 heteroatoms. The summed E-state index contributed by atoms with van der Waals surface area (Å²) in [6.07, 6.45) is 7.08. The predicted molar refractivity (Wildman–Crippen MR) is 161 cm³/mol. The third-order valence-corrected chi connectivity index (χ3v) is 8.99. The van der Waals surface area contributed by atoms with Gasteiger partial charge >= 0.3 is 6.03 Å². The molecule has 2 aromatic heterocycles. The number of hydrogen-bond donors (Lipinski definition) is 2. The number of carbonyl (C=O) groups excluding carboxylic acids is 1. The van der Waals surface area contributed by atoms with Crippen LogP contribution < -0.4 is 19.8 Å². The van der Waals surface area contributed by atoms with Crippen LogP contribution in [0.5, 0.6) is 0 Å². The molecule has 1 aromatic carbocycles. The zero-order valence-electron chi connectivity index (χ0n) is 24.6. The van der Waals surface area contributed by atoms with Gasteiger partial charge in [-0.25, -0.2) is 32.0 Å². The fraction of sp³-hybridized carbons (Fsp3) is 0.448. The summed E-state index contributed by atoms with van der Waals surface area (Å²) < 4.78 is 55.6. The van der Waals surface area contributed by atoms with Crippen LogP contribution in [-0.2, 0) is 22.3 Å². The molecule has 0 radical (unpaired) electrons. The zero-order valence-corrected chi connectivity index (χ0v) is 25.4. The van der Waals surface area contributed by atoms with E-state index in [9.17, 15) is 17.6 Å². The second kappa shape index (κ2) is 12.4. The van der Waals surface area contributed by atoms with E-state index in [4.69, 9.17) is 4.98 Å². The topological polar surface area (TPSA) is 124 Å². The minimum atomic E-state index is -4.04. The first kappa shape index (κ1) is 30.5. The molecule has 2 amide bonds. The predicted octanol–water partition coefficient (Wildman–Crippen LogP) is 4.73. The Kier molecular flexibility index (Phi) is 8.79. The van der Waals surface area contributed by atoms with Crippen molar-refractivity contribution in [1.82, 2.24) is 19.9 Å². The molecule has 3 heterocycles. The zero-order chi connectivity index (χ0) is 30.9. The fourth-order valence-electron chi connectivity index (χ4n) is 5.47. The molecule has 5 rings (SSSR count). The minimum Gasteiger partial charge on any atom is -0.351 e. The number of hydrogen-bond acceptors (Lipinski definition) is 8. The molecule has 1 saturated carbocycles. The third-order valence-electron chi connectivity index (χ3n) is 7.77. The maximum absolute atomic E-state index is 15.1. The number of fused-ring (bicyclic) bond motifs is 1. The van der Waals surface area contributed by atoms with Gasteiger partial charge in [-0.3, -0.25) is 14.5 Å². The standard InChI is InChI=1S/C29H36F2N8O3S/c1-18(2)39-27-20(14-33-28(35-27)34-22-9-11-23(12-10-22)37(3)4)16-38(29(39)40)24-13-25(31)26(32-15-24)36-43(41,42)17-19-5-7-21(30)8-6-19/h5-8,13-15,18,22-23H,9-12,16-17H2,1-4H3,(H,32,36)(H,33,34,35). The second-order valence-corrected chi connectivity index (χ2v) is 13.2. The van der Waals surface area contributed by atoms with Crippen molar-refractivity contribution in [2.75, 3.05) is 33.9 Å². The number of aromatic nitrogens is 3. The lowest BCUT2D eigenvalue weighted by molar-refractivity contribution is 0.221. The molecule has 1 fully saturated rings. The van der Waals surface area contributed by atoms with Crippen LogP contribution in [0.15, 0.2) is 42.7 Å². The van der Waals surface area contributed by atoms with Gasteiger partial charge in [0.15, 0.2) is 11.6 Å². The monoisotopic (exact) mass is 614 g/mol. The number of nitrogens with zero attached hydrogens (tertiary/aromatic N) is 6. The van der Waals surface area contributed by atoms with E-state index in [1.807, 2.05) is 13.8 Å². The molecule has 0 spiro atoms. The lowest BCUT2D eigenvalue weighted by atomic mass is 9.91. The van der Waals surface area contributed by atoms with Crippen LogP contribution in [0.4, 0.5) is 36.8 Å². The molecule has 0 atom stereocenters. The smallest absolute Gasteiger partial charge is 0.330 e. The van der Waals surface area contributed by atoms with Crippen LogP contribution >= 0.6 is 0 Å². The van der Waals surface area contributed by atoms with Crippen LogP contribution in [0.3, 0.4) is 0 Å². The lowest BCUT2D eigenvalue weighted by Gasteiger charge is -2.38. The number of pyridine rings is 1. The number of carbonyl (C=O) groups is 1. The summed E-state index contributed by atoms with van der Waals surface area (Å²) in [5.41, 5.74) is 1.16. The first-order valence-corrected chi connectivity index (χ1v) is 15.9. The minimum absolute atomic E-state index is 0.0857. The highest BCUT2D eigenvalue weighted by atomic mass is 32.2. The van der Waals surface area contributed by atoms with Crippen LogP contribution in [0, 0.1) is 11.6 Å². The van der Waals surface area contributed by atoms with E-state index >= 15 is 4.39 Å². The Bertz CT molecular complexity index is 1580. The summed E-state index contributed by atoms with van der Waals surface area (Å²) in [5.74, 6) is -1.48. The second-order valence-electron chi connectivity index (χ2n) is 11.5. The Morgan fingerprint density at radius 1 is 1.05 bits per heavy atom. The molecule has 1 aliphatic carbocycles. The highest BCUT2D eigenvalue weighted by Gasteiger charge is 2.35. The van der Waals surface area contributed by atoms with Crippen molar-refractivity contribution in [3.8, 4) is 0 Å². The molecule has 43 heavy (non-hydrogen) atoms. The fourth-order valence-corrected chi connectivity index (χ4v) is 6.61. The number of benzene rings is 1. The van der Waals surface area contributed by atoms with Gasteiger partial charge in [0, 0.05) is 36.0 Å². The summed E-state index contributed by atoms with van der Waals surface area (Å²) in [6.45, 7) is 3.81. The molecular formula is C29H36F2N8O3S. The van der Waals surface area contributed by atoms with E-state index in [1.54, 1.807) is 6.20 Å². The SMILES string of the molecule is CC(C)N1C(=O)N(c2cnc(NS(=O)(=O)Cc3ccc(F)cc3)c(F)c2)Cc2cnc(NC3CCC(N(C)C)CC3)nc21. The van der Waals surface area contributed by atoms with E-state index in [0.717, 1.165) is 43.9 Å². The summed E-state index contributed by atoms with van der Waals surface area (Å²) in [6, 6.07) is 6.16. The quantitative estimate of drug-likeness (QED) is 0.355. The van der Waals surface area contributed by atoms with Gasteiger partial charge in [0.2, 0.25) is 16.0 Å². The number of sulfonamides is 1. The third kappa shape index (κ3) is 7.02. The van der Waals surface area contributed by atoms with Gasteiger partial charge in [-0.1, -0.05) is 12.1 Å². The largest absolute Gasteiger partial charge is 0.351 e. The summed E-state index contributed by atoms with van der Waals surface area (Å²) in [7, 11) is 0.161. The van der Waals surface area contributed by atoms with Gasteiger partial charge in [-0.05, 0) is 71.3 Å². The molecule has 0 unspecified atom stereocenters. The number of halogens is 2. The van der Waals surface area contributed by atoms with Crippen molar-refractivity contribution >= 4 is 39.3 Å². The van der Waals surface area contributed by atoms with Crippen LogP contribution in [0.1, 0.15) is 50.7 Å². The van der Waals surface area contributed by atoms with E-state index in [1.165, 1.54) is 28.1 Å². The molecule has 11 nitrogen and oxygen atoms in total. The van der Waals surface area contributed by atoms with E-state index < -0.39 is 39.3 Å². The first-order valence-electron chi connectivity index (χ1n) is 14.2. The average molecular weight is 615 g/mol. The van der Waals surface area contributed by atoms with Crippen molar-refractivity contribution in [3.63, 3.8) is 0 Å². The van der Waals surface area contributed by atoms with Gasteiger partial charge in [-0.15, -0.1) is 0 Å². The number of nitrogens with one attached hydrogen (secondary N) is 2. The van der Waals surface area contributed by atoms with Gasteiger partial charge in [0.1, 0.15) is 11.6 Å². The van der Waals surface area contributed by atoms with E-state index in [0.29, 0.717) is 28.9 Å². The van der Waals surface area contributed by atoms with Crippen molar-refractivity contribution in [3.05, 3.63) is 65.5 Å². The highest BCUT2D eigenvalue weighted by Crippen LogP contribution is 2.33. The highest BCUT2D eigenvalue weighted by molar-refractivity contribution is 7.91. The molecular weight excluding hydrogens is 578 g/mol. The Morgan fingerprint density at radius 3 is 2.37 bits per heavy atom. The molecule has 1 aliphatic heterocycles. The molecule has 0 saturated heterocycles.